The maximum absolute atomic E-state index is 8.41. The largest absolute Gasteiger partial charge is 0.315 e. The molecule has 1 rings (SSSR count). The van der Waals surface area contributed by atoms with Gasteiger partial charge in [-0.05, 0) is 12.1 Å². The van der Waals surface area contributed by atoms with E-state index in [2.05, 4.69) is 4.98 Å². The lowest BCUT2D eigenvalue weighted by molar-refractivity contribution is 0.953. The fourth-order valence-electron chi connectivity index (χ4n) is 0.658. The maximum atomic E-state index is 8.41. The van der Waals surface area contributed by atoms with Crippen LogP contribution in [0.3, 0.4) is 0 Å². The van der Waals surface area contributed by atoms with Gasteiger partial charge in [0.15, 0.2) is 0 Å². The number of hydrogen-bond donors (Lipinski definition) is 1. The fraction of sp³-hybridized carbons (Fsp3) is 0.250. The molecular formula is C8H9N3S. The molecule has 1 unspecified atom stereocenters. The van der Waals surface area contributed by atoms with Crippen LogP contribution in [-0.2, 0) is 0 Å². The van der Waals surface area contributed by atoms with Gasteiger partial charge in [0.05, 0.1) is 6.07 Å². The average Bonchev–Trinajstić information content (AvgIpc) is 2.16. The molecule has 0 amide bonds. The minimum atomic E-state index is -0.386. The summed E-state index contributed by atoms with van der Waals surface area (Å²) in [5.41, 5.74) is 5.42. The van der Waals surface area contributed by atoms with Crippen molar-refractivity contribution in [3.8, 4) is 6.07 Å². The van der Waals surface area contributed by atoms with Crippen molar-refractivity contribution in [3.63, 3.8) is 0 Å². The van der Waals surface area contributed by atoms with E-state index < -0.39 is 0 Å². The highest BCUT2D eigenvalue weighted by Gasteiger charge is 1.99. The molecule has 0 aliphatic rings. The molecule has 12 heavy (non-hydrogen) atoms. The first-order chi connectivity index (χ1) is 5.83. The number of thioether (sulfide) groups is 1. The van der Waals surface area contributed by atoms with Gasteiger partial charge in [-0.15, -0.1) is 11.8 Å². The number of aromatic nitrogens is 1. The molecule has 1 heterocycles. The Labute approximate surface area is 75.6 Å². The van der Waals surface area contributed by atoms with Crippen LogP contribution in [0.15, 0.2) is 29.4 Å². The Morgan fingerprint density at radius 2 is 2.25 bits per heavy atom. The molecule has 1 atom stereocenters. The summed E-state index contributed by atoms with van der Waals surface area (Å²) in [7, 11) is 0. The first-order valence-corrected chi connectivity index (χ1v) is 4.49. The van der Waals surface area contributed by atoms with E-state index in [1.54, 1.807) is 24.2 Å². The summed E-state index contributed by atoms with van der Waals surface area (Å²) < 4.78 is 0. The first-order valence-electron chi connectivity index (χ1n) is 3.51. The zero-order valence-electron chi connectivity index (χ0n) is 6.47. The van der Waals surface area contributed by atoms with Gasteiger partial charge in [0.1, 0.15) is 6.04 Å². The minimum absolute atomic E-state index is 0.386. The quantitative estimate of drug-likeness (QED) is 0.704. The fourth-order valence-corrected chi connectivity index (χ4v) is 1.42. The lowest BCUT2D eigenvalue weighted by Crippen LogP contribution is -2.19. The molecule has 0 aromatic carbocycles. The molecule has 1 aromatic rings. The topological polar surface area (TPSA) is 62.7 Å². The Balaban J connectivity index is 2.40. The predicted molar refractivity (Wildman–Crippen MR) is 48.5 cm³/mol. The minimum Gasteiger partial charge on any atom is -0.315 e. The maximum Gasteiger partial charge on any atom is 0.102 e. The van der Waals surface area contributed by atoms with E-state index in [1.165, 1.54) is 0 Å². The second kappa shape index (κ2) is 4.75. The van der Waals surface area contributed by atoms with Crippen molar-refractivity contribution in [1.82, 2.24) is 4.98 Å². The number of nitriles is 1. The molecule has 0 saturated carbocycles. The summed E-state index contributed by atoms with van der Waals surface area (Å²) >= 11 is 1.57. The predicted octanol–water partition coefficient (Wildman–Crippen LogP) is 1.02. The van der Waals surface area contributed by atoms with E-state index in [0.29, 0.717) is 5.75 Å². The number of nitrogens with zero attached hydrogens (tertiary/aromatic N) is 2. The SMILES string of the molecule is N#CC(N)CSc1ccncc1. The third kappa shape index (κ3) is 2.91. The first kappa shape index (κ1) is 9.04. The summed E-state index contributed by atoms with van der Waals surface area (Å²) in [5, 5.41) is 8.41. The number of rotatable bonds is 3. The van der Waals surface area contributed by atoms with Crippen LogP contribution in [0.2, 0.25) is 0 Å². The number of hydrogen-bond acceptors (Lipinski definition) is 4. The molecular weight excluding hydrogens is 170 g/mol. The highest BCUT2D eigenvalue weighted by atomic mass is 32.2. The van der Waals surface area contributed by atoms with Gasteiger partial charge >= 0.3 is 0 Å². The smallest absolute Gasteiger partial charge is 0.102 e. The van der Waals surface area contributed by atoms with Gasteiger partial charge in [0.2, 0.25) is 0 Å². The lowest BCUT2D eigenvalue weighted by Gasteiger charge is -2.01. The molecule has 4 heteroatoms. The highest BCUT2D eigenvalue weighted by Crippen LogP contribution is 2.16. The molecule has 0 aliphatic heterocycles. The van der Waals surface area contributed by atoms with Gasteiger partial charge in [0.25, 0.3) is 0 Å². The molecule has 62 valence electrons. The Hall–Kier alpha value is -1.05. The zero-order valence-corrected chi connectivity index (χ0v) is 7.29. The van der Waals surface area contributed by atoms with Crippen LogP contribution in [-0.4, -0.2) is 16.8 Å². The van der Waals surface area contributed by atoms with Crippen LogP contribution in [0.25, 0.3) is 0 Å². The Morgan fingerprint density at radius 1 is 1.58 bits per heavy atom. The van der Waals surface area contributed by atoms with Crippen LogP contribution < -0.4 is 5.73 Å². The van der Waals surface area contributed by atoms with Crippen LogP contribution in [0, 0.1) is 11.3 Å². The van der Waals surface area contributed by atoms with Gasteiger partial charge in [-0.1, -0.05) is 0 Å². The van der Waals surface area contributed by atoms with Crippen molar-refractivity contribution in [2.24, 2.45) is 5.73 Å². The molecule has 1 aromatic heterocycles. The number of pyridine rings is 1. The summed E-state index contributed by atoms with van der Waals surface area (Å²) in [6.07, 6.45) is 3.44. The van der Waals surface area contributed by atoms with Crippen molar-refractivity contribution in [2.45, 2.75) is 10.9 Å². The number of nitrogens with two attached hydrogens (primary N) is 1. The molecule has 0 spiro atoms. The molecule has 0 fully saturated rings. The molecule has 0 radical (unpaired) electrons. The van der Waals surface area contributed by atoms with Gasteiger partial charge in [0, 0.05) is 23.0 Å². The monoisotopic (exact) mass is 179 g/mol. The van der Waals surface area contributed by atoms with Crippen LogP contribution in [0.4, 0.5) is 0 Å². The lowest BCUT2D eigenvalue weighted by atomic mass is 10.4. The van der Waals surface area contributed by atoms with E-state index in [4.69, 9.17) is 11.0 Å². The average molecular weight is 179 g/mol. The van der Waals surface area contributed by atoms with E-state index >= 15 is 0 Å². The van der Waals surface area contributed by atoms with Crippen molar-refractivity contribution >= 4 is 11.8 Å². The standard InChI is InChI=1S/C8H9N3S/c9-5-7(10)6-12-8-1-3-11-4-2-8/h1-4,7H,6,10H2. The summed E-state index contributed by atoms with van der Waals surface area (Å²) in [6.45, 7) is 0. The van der Waals surface area contributed by atoms with E-state index in [0.717, 1.165) is 4.90 Å². The molecule has 3 nitrogen and oxygen atoms in total. The van der Waals surface area contributed by atoms with E-state index in [1.807, 2.05) is 18.2 Å². The van der Waals surface area contributed by atoms with Gasteiger partial charge in [-0.25, -0.2) is 0 Å². The van der Waals surface area contributed by atoms with Crippen LogP contribution >= 0.6 is 11.8 Å². The second-order valence-corrected chi connectivity index (χ2v) is 3.32. The Morgan fingerprint density at radius 3 is 2.83 bits per heavy atom. The third-order valence-electron chi connectivity index (χ3n) is 1.25. The summed E-state index contributed by atoms with van der Waals surface area (Å²) in [4.78, 5) is 4.98. The van der Waals surface area contributed by atoms with Crippen molar-refractivity contribution in [3.05, 3.63) is 24.5 Å². The highest BCUT2D eigenvalue weighted by molar-refractivity contribution is 7.99. The zero-order chi connectivity index (χ0) is 8.81. The summed E-state index contributed by atoms with van der Waals surface area (Å²) in [5.74, 6) is 0.626. The molecule has 2 N–H and O–H groups in total. The molecule has 0 aliphatic carbocycles. The second-order valence-electron chi connectivity index (χ2n) is 2.23. The van der Waals surface area contributed by atoms with Crippen LogP contribution in [0.5, 0.6) is 0 Å². The van der Waals surface area contributed by atoms with E-state index in [-0.39, 0.29) is 6.04 Å². The summed E-state index contributed by atoms with van der Waals surface area (Å²) in [6, 6.07) is 5.39. The van der Waals surface area contributed by atoms with Gasteiger partial charge in [-0.2, -0.15) is 5.26 Å². The van der Waals surface area contributed by atoms with Gasteiger partial charge < -0.3 is 5.73 Å². The molecule has 0 bridgehead atoms. The van der Waals surface area contributed by atoms with Crippen LogP contribution in [0.1, 0.15) is 0 Å². The Bertz CT molecular complexity index is 267. The van der Waals surface area contributed by atoms with Crippen molar-refractivity contribution in [2.75, 3.05) is 5.75 Å². The normalized spacial score (nSPS) is 12.0. The third-order valence-corrected chi connectivity index (χ3v) is 2.38. The van der Waals surface area contributed by atoms with Crippen molar-refractivity contribution in [1.29, 1.82) is 5.26 Å². The molecule has 0 saturated heterocycles. The van der Waals surface area contributed by atoms with Crippen molar-refractivity contribution < 1.29 is 0 Å². The van der Waals surface area contributed by atoms with Gasteiger partial charge in [-0.3, -0.25) is 4.98 Å². The van der Waals surface area contributed by atoms with E-state index in [9.17, 15) is 0 Å². The Kier molecular flexibility index (Phi) is 3.58.